The van der Waals surface area contributed by atoms with Crippen LogP contribution in [0.2, 0.25) is 5.02 Å². The topological polar surface area (TPSA) is 57.8 Å². The van der Waals surface area contributed by atoms with Crippen molar-refractivity contribution in [3.8, 4) is 0 Å². The van der Waals surface area contributed by atoms with E-state index >= 15 is 0 Å². The normalized spacial score (nSPS) is 21.4. The molecular weight excluding hydrogens is 324 g/mol. The summed E-state index contributed by atoms with van der Waals surface area (Å²) in [5.74, 6) is 0.214. The highest BCUT2D eigenvalue weighted by molar-refractivity contribution is 7.79. The van der Waals surface area contributed by atoms with Crippen LogP contribution in [0.25, 0.3) is 0 Å². The Hall–Kier alpha value is -1.99. The first-order valence-electron chi connectivity index (χ1n) is 6.64. The first-order chi connectivity index (χ1) is 10.4. The zero-order valence-corrected chi connectivity index (χ0v) is 13.6. The van der Waals surface area contributed by atoms with Crippen LogP contribution in [0.5, 0.6) is 0 Å². The van der Waals surface area contributed by atoms with Gasteiger partial charge in [-0.2, -0.15) is 0 Å². The van der Waals surface area contributed by atoms with E-state index in [0.29, 0.717) is 22.5 Å². The van der Waals surface area contributed by atoms with Crippen molar-refractivity contribution in [2.24, 2.45) is 0 Å². The number of urea groups is 1. The van der Waals surface area contributed by atoms with Gasteiger partial charge >= 0.3 is 6.03 Å². The van der Waals surface area contributed by atoms with Crippen molar-refractivity contribution in [3.05, 3.63) is 34.9 Å². The van der Waals surface area contributed by atoms with E-state index < -0.39 is 6.04 Å². The second kappa shape index (κ2) is 5.33. The number of carbonyl (C=O) groups excluding carboxylic acids is 2. The van der Waals surface area contributed by atoms with Gasteiger partial charge in [0.15, 0.2) is 0 Å². The van der Waals surface area contributed by atoms with Crippen LogP contribution in [-0.4, -0.2) is 57.7 Å². The van der Waals surface area contributed by atoms with Gasteiger partial charge in [0.2, 0.25) is 6.04 Å². The Bertz CT molecular complexity index is 703. The van der Waals surface area contributed by atoms with Crippen LogP contribution in [0.4, 0.5) is 4.79 Å². The Morgan fingerprint density at radius 2 is 1.82 bits per heavy atom. The van der Waals surface area contributed by atoms with Crippen LogP contribution in [-0.2, 0) is 11.3 Å². The van der Waals surface area contributed by atoms with E-state index in [9.17, 15) is 9.59 Å². The summed E-state index contributed by atoms with van der Waals surface area (Å²) in [5, 5.41) is 1.08. The molecule has 3 rings (SSSR count). The van der Waals surface area contributed by atoms with E-state index in [1.807, 2.05) is 12.1 Å². The standard InChI is InChI=1S/C14H13ClN4O2S/c1-17-11-10(12(20)18(2)14(17)21)19(13(22)16-11)7-8-3-5-9(15)6-4-8/h3-6,10H,7H2,1-2H3/p+1. The summed E-state index contributed by atoms with van der Waals surface area (Å²) in [6, 6.07) is 6.37. The lowest BCUT2D eigenvalue weighted by Crippen LogP contribution is -2.79. The molecule has 0 aliphatic carbocycles. The minimum atomic E-state index is -0.601. The molecule has 1 atom stereocenters. The number of benzene rings is 1. The largest absolute Gasteiger partial charge is 0.388 e. The lowest BCUT2D eigenvalue weighted by atomic mass is 10.1. The molecule has 1 aromatic carbocycles. The molecule has 3 amide bonds. The van der Waals surface area contributed by atoms with Crippen LogP contribution in [0, 0.1) is 0 Å². The molecule has 0 spiro atoms. The van der Waals surface area contributed by atoms with Gasteiger partial charge in [-0.15, -0.1) is 0 Å². The van der Waals surface area contributed by atoms with E-state index in [1.54, 1.807) is 24.1 Å². The van der Waals surface area contributed by atoms with Gasteiger partial charge in [0, 0.05) is 12.1 Å². The Balaban J connectivity index is 1.91. The number of amidine groups is 1. The zero-order valence-electron chi connectivity index (χ0n) is 12.0. The summed E-state index contributed by atoms with van der Waals surface area (Å²) in [5.41, 5.74) is 0.977. The average Bonchev–Trinajstić information content (AvgIpc) is 2.82. The predicted molar refractivity (Wildman–Crippen MR) is 85.3 cm³/mol. The fraction of sp³-hybridized carbons (Fsp3) is 0.286. The number of nitrogens with zero attached hydrogens (tertiary/aromatic N) is 3. The maximum atomic E-state index is 12.5. The lowest BCUT2D eigenvalue weighted by molar-refractivity contribution is -0.320. The van der Waals surface area contributed by atoms with Crippen LogP contribution < -0.4 is 4.99 Å². The van der Waals surface area contributed by atoms with Crippen molar-refractivity contribution in [3.63, 3.8) is 0 Å². The number of imide groups is 1. The molecule has 1 unspecified atom stereocenters. The van der Waals surface area contributed by atoms with E-state index in [4.69, 9.17) is 23.8 Å². The van der Waals surface area contributed by atoms with Gasteiger partial charge in [-0.05, 0) is 29.9 Å². The third-order valence-electron chi connectivity index (χ3n) is 3.83. The number of rotatable bonds is 2. The number of nitrogens with one attached hydrogen (secondary N) is 1. The minimum absolute atomic E-state index is 0.292. The Labute approximate surface area is 137 Å². The summed E-state index contributed by atoms with van der Waals surface area (Å²) >= 11 is 11.2. The molecular formula is C14H14ClN4O2S+. The molecule has 114 valence electrons. The molecule has 0 aromatic heterocycles. The van der Waals surface area contributed by atoms with Gasteiger partial charge in [-0.1, -0.05) is 23.7 Å². The van der Waals surface area contributed by atoms with Crippen molar-refractivity contribution in [2.45, 2.75) is 12.6 Å². The highest BCUT2D eigenvalue weighted by Gasteiger charge is 2.54. The van der Waals surface area contributed by atoms with Gasteiger partial charge in [0.25, 0.3) is 16.9 Å². The van der Waals surface area contributed by atoms with E-state index in [0.717, 1.165) is 10.5 Å². The Morgan fingerprint density at radius 1 is 1.18 bits per heavy atom. The van der Waals surface area contributed by atoms with Gasteiger partial charge < -0.3 is 0 Å². The van der Waals surface area contributed by atoms with Gasteiger partial charge in [-0.3, -0.25) is 14.6 Å². The van der Waals surface area contributed by atoms with Crippen LogP contribution in [0.3, 0.4) is 0 Å². The van der Waals surface area contributed by atoms with E-state index in [-0.39, 0.29) is 11.9 Å². The third-order valence-corrected chi connectivity index (χ3v) is 4.42. The number of likely N-dealkylation sites (N-methyl/N-ethyl adjacent to an activating group) is 2. The summed E-state index contributed by atoms with van der Waals surface area (Å²) in [4.78, 5) is 31.7. The second-order valence-corrected chi connectivity index (χ2v) is 6.03. The van der Waals surface area contributed by atoms with Crippen LogP contribution >= 0.6 is 23.8 Å². The fourth-order valence-corrected chi connectivity index (χ4v) is 2.99. The van der Waals surface area contributed by atoms with E-state index in [2.05, 4.69) is 4.99 Å². The number of fused-ring (bicyclic) bond motifs is 1. The second-order valence-electron chi connectivity index (χ2n) is 5.21. The number of halogens is 1. The van der Waals surface area contributed by atoms with Gasteiger partial charge in [0.1, 0.15) is 0 Å². The zero-order chi connectivity index (χ0) is 16.0. The molecule has 22 heavy (non-hydrogen) atoms. The molecule has 1 N–H and O–H groups in total. The minimum Gasteiger partial charge on any atom is -0.270 e. The molecule has 1 aromatic rings. The van der Waals surface area contributed by atoms with Crippen molar-refractivity contribution in [2.75, 3.05) is 14.1 Å². The predicted octanol–water partition coefficient (Wildman–Crippen LogP) is -0.188. The maximum absolute atomic E-state index is 12.5. The number of thiocarbonyl (C=S) groups is 1. The number of amides is 3. The summed E-state index contributed by atoms with van der Waals surface area (Å²) in [6.07, 6.45) is 0. The maximum Gasteiger partial charge on any atom is 0.388 e. The summed E-state index contributed by atoms with van der Waals surface area (Å²) < 4.78 is 0. The Kier molecular flexibility index (Phi) is 3.62. The monoisotopic (exact) mass is 337 g/mol. The van der Waals surface area contributed by atoms with Crippen molar-refractivity contribution < 1.29 is 14.6 Å². The highest BCUT2D eigenvalue weighted by atomic mass is 35.5. The molecule has 2 aliphatic heterocycles. The van der Waals surface area contributed by atoms with Crippen LogP contribution in [0.15, 0.2) is 24.3 Å². The number of hydrogen-bond donors (Lipinski definition) is 1. The highest BCUT2D eigenvalue weighted by Crippen LogP contribution is 2.19. The SMILES string of the molecule is CN1C(=O)C2C(=[NH+]C(=S)N2Cc2ccc(Cl)cc2)N(C)C1=O. The summed E-state index contributed by atoms with van der Waals surface area (Å²) in [7, 11) is 3.09. The quantitative estimate of drug-likeness (QED) is 0.760. The van der Waals surface area contributed by atoms with Crippen molar-refractivity contribution >= 4 is 46.7 Å². The smallest absolute Gasteiger partial charge is 0.270 e. The molecule has 8 heteroatoms. The Morgan fingerprint density at radius 3 is 2.45 bits per heavy atom. The molecule has 0 bridgehead atoms. The number of carbonyl (C=O) groups is 2. The fourth-order valence-electron chi connectivity index (χ4n) is 2.59. The molecule has 0 saturated carbocycles. The van der Waals surface area contributed by atoms with Crippen LogP contribution in [0.1, 0.15) is 5.56 Å². The summed E-state index contributed by atoms with van der Waals surface area (Å²) in [6.45, 7) is 0.457. The first-order valence-corrected chi connectivity index (χ1v) is 7.43. The van der Waals surface area contributed by atoms with Gasteiger partial charge in [-0.25, -0.2) is 14.7 Å². The molecule has 6 nitrogen and oxygen atoms in total. The first kappa shape index (κ1) is 14.9. The lowest BCUT2D eigenvalue weighted by Gasteiger charge is -2.31. The third kappa shape index (κ3) is 2.26. The molecule has 2 aliphatic rings. The molecule has 1 fully saturated rings. The molecule has 2 heterocycles. The van der Waals surface area contributed by atoms with Gasteiger partial charge in [0.05, 0.1) is 13.6 Å². The van der Waals surface area contributed by atoms with Crippen molar-refractivity contribution in [1.82, 2.24) is 14.7 Å². The van der Waals surface area contributed by atoms with Crippen molar-refractivity contribution in [1.29, 1.82) is 0 Å². The van der Waals surface area contributed by atoms with E-state index in [1.165, 1.54) is 11.9 Å². The number of hydrogen-bond acceptors (Lipinski definition) is 3. The molecule has 0 radical (unpaired) electrons. The average molecular weight is 338 g/mol. The molecule has 1 saturated heterocycles.